The fourth-order valence-corrected chi connectivity index (χ4v) is 5.18. The van der Waals surface area contributed by atoms with Gasteiger partial charge in [-0.15, -0.1) is 0 Å². The summed E-state index contributed by atoms with van der Waals surface area (Å²) in [6.07, 6.45) is 4.26. The molecule has 3 aromatic rings. The summed E-state index contributed by atoms with van der Waals surface area (Å²) >= 11 is 0. The van der Waals surface area contributed by atoms with E-state index >= 15 is 4.39 Å². The van der Waals surface area contributed by atoms with Crippen molar-refractivity contribution in [1.82, 2.24) is 4.90 Å². The zero-order valence-corrected chi connectivity index (χ0v) is 20.1. The third kappa shape index (κ3) is 4.31. The van der Waals surface area contributed by atoms with Gasteiger partial charge in [-0.25, -0.2) is 4.39 Å². The second kappa shape index (κ2) is 9.32. The molecule has 3 heterocycles. The van der Waals surface area contributed by atoms with E-state index in [1.54, 1.807) is 30.3 Å². The monoisotopic (exact) mass is 485 g/mol. The highest BCUT2D eigenvalue weighted by Gasteiger charge is 2.31. The minimum Gasteiger partial charge on any atom is -0.486 e. The Morgan fingerprint density at radius 3 is 2.64 bits per heavy atom. The lowest BCUT2D eigenvalue weighted by molar-refractivity contribution is 0.102. The second-order valence-electron chi connectivity index (χ2n) is 9.66. The molecule has 6 rings (SSSR count). The van der Waals surface area contributed by atoms with Gasteiger partial charge in [0.15, 0.2) is 11.5 Å². The Kier molecular flexibility index (Phi) is 5.85. The fourth-order valence-electron chi connectivity index (χ4n) is 5.18. The van der Waals surface area contributed by atoms with Crippen LogP contribution in [0.1, 0.15) is 22.8 Å². The average Bonchev–Trinajstić information content (AvgIpc) is 2.88. The second-order valence-corrected chi connectivity index (χ2v) is 9.66. The van der Waals surface area contributed by atoms with Crippen LogP contribution in [0.25, 0.3) is 6.08 Å². The molecule has 6 nitrogen and oxygen atoms in total. The number of nitrogens with zero attached hydrogens (tertiary/aromatic N) is 2. The molecule has 3 aliphatic rings. The van der Waals surface area contributed by atoms with Crippen molar-refractivity contribution in [3.05, 3.63) is 83.7 Å². The van der Waals surface area contributed by atoms with Crippen molar-refractivity contribution in [1.29, 1.82) is 0 Å². The predicted octanol–water partition coefficient (Wildman–Crippen LogP) is 5.33. The third-order valence-electron chi connectivity index (χ3n) is 6.88. The number of rotatable bonds is 5. The highest BCUT2D eigenvalue weighted by molar-refractivity contribution is 6.05. The minimum atomic E-state index is -0.334. The number of hydrogen-bond donors (Lipinski definition) is 1. The summed E-state index contributed by atoms with van der Waals surface area (Å²) in [6.45, 7) is 6.09. The van der Waals surface area contributed by atoms with Crippen LogP contribution in [0.15, 0.2) is 66.7 Å². The molecule has 1 saturated heterocycles. The number of nitrogens with one attached hydrogen (secondary N) is 1. The van der Waals surface area contributed by atoms with Crippen LogP contribution in [0.3, 0.4) is 0 Å². The molecule has 1 N–H and O–H groups in total. The maximum absolute atomic E-state index is 15.3. The normalized spacial score (nSPS) is 18.9. The molecule has 184 valence electrons. The van der Waals surface area contributed by atoms with E-state index in [2.05, 4.69) is 29.3 Å². The van der Waals surface area contributed by atoms with Crippen LogP contribution < -0.4 is 19.7 Å². The van der Waals surface area contributed by atoms with Crippen molar-refractivity contribution in [2.45, 2.75) is 13.0 Å². The molecule has 0 radical (unpaired) electrons. The molecular formula is C29H28FN3O3. The van der Waals surface area contributed by atoms with Gasteiger partial charge >= 0.3 is 0 Å². The molecule has 0 aliphatic carbocycles. The van der Waals surface area contributed by atoms with E-state index in [1.165, 1.54) is 6.07 Å². The lowest BCUT2D eigenvalue weighted by Crippen LogP contribution is -2.51. The van der Waals surface area contributed by atoms with Crippen molar-refractivity contribution in [2.75, 3.05) is 43.1 Å². The van der Waals surface area contributed by atoms with Gasteiger partial charge in [0.2, 0.25) is 0 Å². The molecular weight excluding hydrogens is 457 g/mol. The predicted molar refractivity (Wildman–Crippen MR) is 139 cm³/mol. The summed E-state index contributed by atoms with van der Waals surface area (Å²) < 4.78 is 26.5. The minimum absolute atomic E-state index is 0.0225. The molecule has 1 fully saturated rings. The quantitative estimate of drug-likeness (QED) is 0.529. The van der Waals surface area contributed by atoms with Crippen LogP contribution >= 0.6 is 0 Å². The molecule has 3 aromatic carbocycles. The first-order chi connectivity index (χ1) is 17.5. The Bertz CT molecular complexity index is 1340. The zero-order chi connectivity index (χ0) is 24.6. The number of para-hydroxylation sites is 1. The summed E-state index contributed by atoms with van der Waals surface area (Å²) in [5.74, 6) is 1.23. The van der Waals surface area contributed by atoms with Crippen LogP contribution in [0.2, 0.25) is 0 Å². The van der Waals surface area contributed by atoms with Gasteiger partial charge in [0, 0.05) is 36.6 Å². The number of anilines is 3. The molecule has 0 saturated carbocycles. The number of carbonyl (C=O) groups excluding carboxylic acids is 1. The molecule has 0 aromatic heterocycles. The van der Waals surface area contributed by atoms with E-state index in [4.69, 9.17) is 9.47 Å². The van der Waals surface area contributed by atoms with Crippen LogP contribution in [0, 0.1) is 11.7 Å². The van der Waals surface area contributed by atoms with Gasteiger partial charge < -0.3 is 24.6 Å². The topological polar surface area (TPSA) is 54.0 Å². The number of halogens is 1. The van der Waals surface area contributed by atoms with Gasteiger partial charge in [-0.2, -0.15) is 0 Å². The number of likely N-dealkylation sites (tertiary alicyclic amines) is 1. The first-order valence-corrected chi connectivity index (χ1v) is 12.3. The van der Waals surface area contributed by atoms with Crippen LogP contribution in [0.5, 0.6) is 11.5 Å². The summed E-state index contributed by atoms with van der Waals surface area (Å²) in [4.78, 5) is 17.5. The number of ether oxygens (including phenoxy) is 2. The summed E-state index contributed by atoms with van der Waals surface area (Å²) in [5, 5.41) is 2.92. The van der Waals surface area contributed by atoms with Gasteiger partial charge in [0.25, 0.3) is 5.91 Å². The lowest BCUT2D eigenvalue weighted by atomic mass is 9.97. The van der Waals surface area contributed by atoms with E-state index in [1.807, 2.05) is 29.2 Å². The Morgan fingerprint density at radius 1 is 1.00 bits per heavy atom. The number of carbonyl (C=O) groups is 1. The number of amides is 1. The highest BCUT2D eigenvalue weighted by Crippen LogP contribution is 2.39. The smallest absolute Gasteiger partial charge is 0.255 e. The zero-order valence-electron chi connectivity index (χ0n) is 20.1. The number of hydrogen-bond acceptors (Lipinski definition) is 5. The van der Waals surface area contributed by atoms with E-state index in [0.717, 1.165) is 30.9 Å². The molecule has 0 spiro atoms. The SMILES string of the molecule is CC1CN(CC2C=Cc3ccccc3N2c2cc(NC(=O)c3ccc4c(c3)OCCO4)ccc2F)C1. The molecule has 1 unspecified atom stereocenters. The average molecular weight is 486 g/mol. The van der Waals surface area contributed by atoms with E-state index in [9.17, 15) is 4.79 Å². The van der Waals surface area contributed by atoms with Crippen molar-refractivity contribution in [3.8, 4) is 11.5 Å². The molecule has 0 bridgehead atoms. The number of benzene rings is 3. The summed E-state index contributed by atoms with van der Waals surface area (Å²) in [7, 11) is 0. The van der Waals surface area contributed by atoms with Crippen LogP contribution in [-0.2, 0) is 0 Å². The Hall–Kier alpha value is -3.84. The maximum atomic E-state index is 15.3. The van der Waals surface area contributed by atoms with Gasteiger partial charge in [0.05, 0.1) is 11.7 Å². The van der Waals surface area contributed by atoms with Crippen molar-refractivity contribution in [3.63, 3.8) is 0 Å². The largest absolute Gasteiger partial charge is 0.486 e. The molecule has 7 heteroatoms. The first kappa shape index (κ1) is 22.6. The maximum Gasteiger partial charge on any atom is 0.255 e. The van der Waals surface area contributed by atoms with Crippen molar-refractivity contribution >= 4 is 29.0 Å². The molecule has 1 amide bonds. The molecule has 1 atom stereocenters. The highest BCUT2D eigenvalue weighted by atomic mass is 19.1. The van der Waals surface area contributed by atoms with E-state index in [0.29, 0.717) is 47.6 Å². The summed E-state index contributed by atoms with van der Waals surface area (Å²) in [5.41, 5.74) is 3.39. The van der Waals surface area contributed by atoms with Gasteiger partial charge in [-0.3, -0.25) is 4.79 Å². The first-order valence-electron chi connectivity index (χ1n) is 12.3. The van der Waals surface area contributed by atoms with E-state index in [-0.39, 0.29) is 17.8 Å². The lowest BCUT2D eigenvalue weighted by Gasteiger charge is -2.43. The standard InChI is InChI=1S/C29H28FN3O3/c1-19-16-32(17-19)18-23-9-6-20-4-2-3-5-25(20)33(23)26-15-22(8-10-24(26)30)31-29(34)21-7-11-27-28(14-21)36-13-12-35-27/h2-11,14-15,19,23H,12-13,16-18H2,1H3,(H,31,34). The Labute approximate surface area is 209 Å². The Balaban J connectivity index is 1.29. The van der Waals surface area contributed by atoms with Crippen LogP contribution in [0.4, 0.5) is 21.5 Å². The van der Waals surface area contributed by atoms with Crippen molar-refractivity contribution in [2.24, 2.45) is 5.92 Å². The third-order valence-corrected chi connectivity index (χ3v) is 6.88. The van der Waals surface area contributed by atoms with Gasteiger partial charge in [-0.05, 0) is 53.9 Å². The molecule has 36 heavy (non-hydrogen) atoms. The number of fused-ring (bicyclic) bond motifs is 2. The summed E-state index contributed by atoms with van der Waals surface area (Å²) in [6, 6.07) is 17.8. The Morgan fingerprint density at radius 2 is 1.81 bits per heavy atom. The van der Waals surface area contributed by atoms with Crippen LogP contribution in [-0.4, -0.2) is 49.7 Å². The van der Waals surface area contributed by atoms with Gasteiger partial charge in [-0.1, -0.05) is 37.3 Å². The van der Waals surface area contributed by atoms with Gasteiger partial charge in [0.1, 0.15) is 19.0 Å². The molecule has 3 aliphatic heterocycles. The fraction of sp³-hybridized carbons (Fsp3) is 0.276. The van der Waals surface area contributed by atoms with E-state index < -0.39 is 0 Å². The van der Waals surface area contributed by atoms with Crippen molar-refractivity contribution < 1.29 is 18.7 Å².